The number of hydrogen-bond acceptors (Lipinski definition) is 3. The Kier molecular flexibility index (Phi) is 6.17. The number of nitrogens with one attached hydrogen (secondary N) is 2. The number of carboxylic acids is 1. The Morgan fingerprint density at radius 1 is 1.35 bits per heavy atom. The molecule has 0 saturated heterocycles. The van der Waals surface area contributed by atoms with Gasteiger partial charge in [0.15, 0.2) is 0 Å². The minimum absolute atomic E-state index is 0.247. The van der Waals surface area contributed by atoms with Crippen molar-refractivity contribution in [3.63, 3.8) is 0 Å². The Hall–Kier alpha value is -2.34. The fourth-order valence-electron chi connectivity index (χ4n) is 2.47. The van der Waals surface area contributed by atoms with Gasteiger partial charge in [0.2, 0.25) is 5.91 Å². The fourth-order valence-corrected chi connectivity index (χ4v) is 2.47. The van der Waals surface area contributed by atoms with Crippen molar-refractivity contribution >= 4 is 22.8 Å². The van der Waals surface area contributed by atoms with Gasteiger partial charge in [0.1, 0.15) is 6.04 Å². The van der Waals surface area contributed by atoms with Crippen molar-refractivity contribution in [3.8, 4) is 0 Å². The van der Waals surface area contributed by atoms with E-state index in [-0.39, 0.29) is 18.7 Å². The van der Waals surface area contributed by atoms with Crippen molar-refractivity contribution in [1.82, 2.24) is 10.3 Å². The van der Waals surface area contributed by atoms with Crippen LogP contribution in [0.25, 0.3) is 10.9 Å². The molecule has 0 aliphatic carbocycles. The molecule has 0 aliphatic heterocycles. The minimum atomic E-state index is -1.03. The SMILES string of the molecule is CCOCCCC(=O)NC(Cc1c[nH]c2ccccc12)C(=O)O. The highest BCUT2D eigenvalue weighted by atomic mass is 16.5. The molecule has 3 N–H and O–H groups in total. The summed E-state index contributed by atoms with van der Waals surface area (Å²) >= 11 is 0. The van der Waals surface area contributed by atoms with Gasteiger partial charge in [-0.3, -0.25) is 4.79 Å². The third kappa shape index (κ3) is 4.82. The van der Waals surface area contributed by atoms with Gasteiger partial charge >= 0.3 is 5.97 Å². The number of hydrogen-bond donors (Lipinski definition) is 3. The number of aromatic amines is 1. The first-order chi connectivity index (χ1) is 11.1. The predicted octanol–water partition coefficient (Wildman–Crippen LogP) is 2.10. The first-order valence-electron chi connectivity index (χ1n) is 7.76. The maximum atomic E-state index is 11.9. The van der Waals surface area contributed by atoms with Gasteiger partial charge < -0.3 is 20.1 Å². The second-order valence-electron chi connectivity index (χ2n) is 5.32. The van der Waals surface area contributed by atoms with Crippen molar-refractivity contribution in [2.45, 2.75) is 32.2 Å². The molecule has 23 heavy (non-hydrogen) atoms. The van der Waals surface area contributed by atoms with Gasteiger partial charge in [-0.1, -0.05) is 18.2 Å². The van der Waals surface area contributed by atoms with Crippen molar-refractivity contribution in [1.29, 1.82) is 0 Å². The van der Waals surface area contributed by atoms with Gasteiger partial charge in [-0.05, 0) is 25.0 Å². The van der Waals surface area contributed by atoms with Crippen molar-refractivity contribution in [2.75, 3.05) is 13.2 Å². The Morgan fingerprint density at radius 2 is 2.13 bits per heavy atom. The monoisotopic (exact) mass is 318 g/mol. The van der Waals surface area contributed by atoms with Gasteiger partial charge in [0, 0.05) is 43.2 Å². The second-order valence-corrected chi connectivity index (χ2v) is 5.32. The third-order valence-electron chi connectivity index (χ3n) is 3.63. The second kappa shape index (κ2) is 8.33. The Morgan fingerprint density at radius 3 is 2.87 bits per heavy atom. The molecule has 6 nitrogen and oxygen atoms in total. The van der Waals surface area contributed by atoms with Crippen LogP contribution in [0.5, 0.6) is 0 Å². The van der Waals surface area contributed by atoms with Crippen molar-refractivity contribution < 1.29 is 19.4 Å². The summed E-state index contributed by atoms with van der Waals surface area (Å²) in [6.07, 6.45) is 2.88. The quantitative estimate of drug-likeness (QED) is 0.617. The summed E-state index contributed by atoms with van der Waals surface area (Å²) in [6.45, 7) is 3.01. The number of carbonyl (C=O) groups excluding carboxylic acids is 1. The fraction of sp³-hybridized carbons (Fsp3) is 0.412. The van der Waals surface area contributed by atoms with Crippen molar-refractivity contribution in [3.05, 3.63) is 36.0 Å². The van der Waals surface area contributed by atoms with Gasteiger partial charge in [0.05, 0.1) is 0 Å². The highest BCUT2D eigenvalue weighted by molar-refractivity contribution is 5.86. The van der Waals surface area contributed by atoms with Crippen LogP contribution in [0.2, 0.25) is 0 Å². The molecular weight excluding hydrogens is 296 g/mol. The van der Waals surface area contributed by atoms with E-state index in [1.807, 2.05) is 31.2 Å². The number of fused-ring (bicyclic) bond motifs is 1. The number of H-pyrrole nitrogens is 1. The lowest BCUT2D eigenvalue weighted by Crippen LogP contribution is -2.42. The largest absolute Gasteiger partial charge is 0.480 e. The molecule has 0 fully saturated rings. The molecule has 1 amide bonds. The molecule has 0 bridgehead atoms. The van der Waals surface area contributed by atoms with Crippen LogP contribution in [-0.2, 0) is 20.7 Å². The van der Waals surface area contributed by atoms with Crippen LogP contribution >= 0.6 is 0 Å². The van der Waals surface area contributed by atoms with Crippen LogP contribution in [-0.4, -0.2) is 41.2 Å². The predicted molar refractivity (Wildman–Crippen MR) is 87.3 cm³/mol. The molecular formula is C17H22N2O4. The molecule has 1 atom stereocenters. The number of carbonyl (C=O) groups is 2. The molecule has 1 heterocycles. The molecule has 1 aromatic carbocycles. The smallest absolute Gasteiger partial charge is 0.326 e. The standard InChI is InChI=1S/C17H22N2O4/c1-2-23-9-5-8-16(20)19-15(17(21)22)10-12-11-18-14-7-4-3-6-13(12)14/h3-4,6-7,11,15,18H,2,5,8-10H2,1H3,(H,19,20)(H,21,22). The highest BCUT2D eigenvalue weighted by Crippen LogP contribution is 2.19. The van der Waals surface area contributed by atoms with E-state index in [0.717, 1.165) is 16.5 Å². The zero-order valence-corrected chi connectivity index (χ0v) is 13.2. The van der Waals surface area contributed by atoms with E-state index in [0.29, 0.717) is 19.6 Å². The van der Waals surface area contributed by atoms with E-state index in [4.69, 9.17) is 4.74 Å². The Bertz CT molecular complexity index is 665. The van der Waals surface area contributed by atoms with Gasteiger partial charge in [-0.2, -0.15) is 0 Å². The number of aliphatic carboxylic acids is 1. The summed E-state index contributed by atoms with van der Waals surface area (Å²) in [6, 6.07) is 6.75. The lowest BCUT2D eigenvalue weighted by Gasteiger charge is -2.14. The first-order valence-corrected chi connectivity index (χ1v) is 7.76. The van der Waals surface area contributed by atoms with Crippen LogP contribution in [0.15, 0.2) is 30.5 Å². The zero-order valence-electron chi connectivity index (χ0n) is 13.2. The number of carboxylic acid groups (broad SMARTS) is 1. The summed E-state index contributed by atoms with van der Waals surface area (Å²) in [7, 11) is 0. The number of aromatic nitrogens is 1. The van der Waals surface area contributed by atoms with E-state index in [2.05, 4.69) is 10.3 Å². The highest BCUT2D eigenvalue weighted by Gasteiger charge is 2.21. The van der Waals surface area contributed by atoms with Gasteiger partial charge in [0.25, 0.3) is 0 Å². The summed E-state index contributed by atoms with van der Waals surface area (Å²) in [5.41, 5.74) is 1.83. The number of para-hydroxylation sites is 1. The number of ether oxygens (including phenoxy) is 1. The summed E-state index contributed by atoms with van der Waals surface area (Å²) in [5.74, 6) is -1.30. The van der Waals surface area contributed by atoms with Crippen LogP contribution in [0, 0.1) is 0 Å². The molecule has 1 aromatic heterocycles. The van der Waals surface area contributed by atoms with Crippen LogP contribution in [0.4, 0.5) is 0 Å². The van der Waals surface area contributed by atoms with Crippen LogP contribution < -0.4 is 5.32 Å². The zero-order chi connectivity index (χ0) is 16.7. The van der Waals surface area contributed by atoms with Gasteiger partial charge in [-0.15, -0.1) is 0 Å². The van der Waals surface area contributed by atoms with E-state index in [1.165, 1.54) is 0 Å². The molecule has 2 aromatic rings. The number of rotatable bonds is 9. The maximum Gasteiger partial charge on any atom is 0.326 e. The topological polar surface area (TPSA) is 91.4 Å². The lowest BCUT2D eigenvalue weighted by molar-refractivity contribution is -0.141. The molecule has 0 aliphatic rings. The number of amides is 1. The Balaban J connectivity index is 1.96. The van der Waals surface area contributed by atoms with Crippen LogP contribution in [0.1, 0.15) is 25.3 Å². The third-order valence-corrected chi connectivity index (χ3v) is 3.63. The number of benzene rings is 1. The average Bonchev–Trinajstić information content (AvgIpc) is 2.94. The average molecular weight is 318 g/mol. The van der Waals surface area contributed by atoms with Crippen molar-refractivity contribution in [2.24, 2.45) is 0 Å². The van der Waals surface area contributed by atoms with E-state index in [9.17, 15) is 14.7 Å². The molecule has 124 valence electrons. The maximum absolute atomic E-state index is 11.9. The molecule has 6 heteroatoms. The van der Waals surface area contributed by atoms with Gasteiger partial charge in [-0.25, -0.2) is 4.79 Å². The first kappa shape index (κ1) is 17.0. The molecule has 1 unspecified atom stereocenters. The normalized spacial score (nSPS) is 12.2. The summed E-state index contributed by atoms with van der Waals surface area (Å²) < 4.78 is 5.17. The summed E-state index contributed by atoms with van der Waals surface area (Å²) in [4.78, 5) is 26.4. The Labute approximate surface area is 134 Å². The molecule has 0 radical (unpaired) electrons. The molecule has 0 spiro atoms. The summed E-state index contributed by atoms with van der Waals surface area (Å²) in [5, 5.41) is 12.9. The van der Waals surface area contributed by atoms with E-state index < -0.39 is 12.0 Å². The van der Waals surface area contributed by atoms with E-state index >= 15 is 0 Å². The molecule has 0 saturated carbocycles. The lowest BCUT2D eigenvalue weighted by atomic mass is 10.0. The molecule has 2 rings (SSSR count). The minimum Gasteiger partial charge on any atom is -0.480 e. The van der Waals surface area contributed by atoms with Crippen LogP contribution in [0.3, 0.4) is 0 Å². The van der Waals surface area contributed by atoms with E-state index in [1.54, 1.807) is 6.20 Å².